The lowest BCUT2D eigenvalue weighted by molar-refractivity contribution is -0.142. The number of aliphatic hydroxyl groups is 1. The smallest absolute Gasteiger partial charge is 0.222 e. The maximum absolute atomic E-state index is 12.8. The van der Waals surface area contributed by atoms with Crippen molar-refractivity contribution in [1.29, 1.82) is 0 Å². The van der Waals surface area contributed by atoms with Crippen LogP contribution in [0.4, 0.5) is 5.82 Å². The lowest BCUT2D eigenvalue weighted by Gasteiger charge is -2.42. The Hall–Kier alpha value is -3.41. The molecule has 0 saturated carbocycles. The van der Waals surface area contributed by atoms with Gasteiger partial charge in [-0.1, -0.05) is 6.07 Å². The number of tetrazole rings is 1. The first kappa shape index (κ1) is 27.6. The molecule has 0 bridgehead atoms. The minimum absolute atomic E-state index is 0.0485. The minimum atomic E-state index is -1.39. The van der Waals surface area contributed by atoms with Gasteiger partial charge in [-0.05, 0) is 80.8 Å². The van der Waals surface area contributed by atoms with Crippen LogP contribution in [0.5, 0.6) is 0 Å². The molecule has 1 atom stereocenters. The Morgan fingerprint density at radius 3 is 2.68 bits per heavy atom. The average molecular weight is 527 g/mol. The summed E-state index contributed by atoms with van der Waals surface area (Å²) in [4.78, 5) is 44.1. The highest BCUT2D eigenvalue weighted by Gasteiger charge is 2.43. The number of rotatable bonds is 11. The zero-order valence-corrected chi connectivity index (χ0v) is 22.3. The van der Waals surface area contributed by atoms with E-state index in [-0.39, 0.29) is 43.4 Å². The molecule has 3 N–H and O–H groups in total. The van der Waals surface area contributed by atoms with Crippen LogP contribution in [0.2, 0.25) is 0 Å². The van der Waals surface area contributed by atoms with Crippen LogP contribution in [-0.4, -0.2) is 84.1 Å². The van der Waals surface area contributed by atoms with E-state index in [2.05, 4.69) is 38.3 Å². The van der Waals surface area contributed by atoms with Crippen LogP contribution in [0.25, 0.3) is 0 Å². The average Bonchev–Trinajstić information content (AvgIpc) is 3.33. The number of hydrogen-bond donors (Lipinski definition) is 3. The number of ketones is 1. The number of Topliss-reactive ketones (excluding diaryl/α,β-unsaturated/α-hetero) is 1. The van der Waals surface area contributed by atoms with Crippen molar-refractivity contribution < 1.29 is 19.5 Å². The number of aryl methyl sites for hydroxylation is 4. The number of likely N-dealkylation sites (tertiary alicyclic amines) is 1. The molecule has 4 rings (SSSR count). The molecule has 2 aliphatic rings. The highest BCUT2D eigenvalue weighted by Crippen LogP contribution is 2.27. The number of piperidine rings is 1. The number of anilines is 1. The van der Waals surface area contributed by atoms with Crippen molar-refractivity contribution in [2.24, 2.45) is 0 Å². The first-order valence-corrected chi connectivity index (χ1v) is 13.5. The van der Waals surface area contributed by atoms with Crippen molar-refractivity contribution in [1.82, 2.24) is 35.4 Å². The van der Waals surface area contributed by atoms with E-state index in [1.807, 2.05) is 0 Å². The second-order valence-corrected chi connectivity index (χ2v) is 10.3. The summed E-state index contributed by atoms with van der Waals surface area (Å²) in [5.41, 5.74) is 0.917. The standard InChI is InChI=1S/C26H38N8O4/c1-18(35)24(29-22(36)11-15-34-19(2)30-31-32-34)26(38)12-16-33(17-13-26)23(37)8-4-3-7-21-10-9-20-6-5-14-27-25(20)28-21/h9-10,24,38H,3-8,11-17H2,1-2H3,(H,27,28)(H,29,36). The zero-order chi connectivity index (χ0) is 27.1. The molecule has 12 nitrogen and oxygen atoms in total. The largest absolute Gasteiger partial charge is 0.387 e. The molecule has 12 heteroatoms. The Labute approximate surface area is 222 Å². The number of carbonyl (C=O) groups is 3. The van der Waals surface area contributed by atoms with Gasteiger partial charge in [0, 0.05) is 38.2 Å². The van der Waals surface area contributed by atoms with Gasteiger partial charge in [-0.3, -0.25) is 14.4 Å². The SMILES string of the molecule is CC(=O)C(NC(=O)CCn1nnnc1C)C1(O)CCN(C(=O)CCCCc2ccc3c(n2)NCCC3)CC1. The molecule has 2 aromatic heterocycles. The number of nitrogens with one attached hydrogen (secondary N) is 2. The van der Waals surface area contributed by atoms with E-state index in [0.29, 0.717) is 25.3 Å². The summed E-state index contributed by atoms with van der Waals surface area (Å²) in [7, 11) is 0. The summed E-state index contributed by atoms with van der Waals surface area (Å²) in [6, 6.07) is 3.20. The van der Waals surface area contributed by atoms with Crippen molar-refractivity contribution >= 4 is 23.4 Å². The lowest BCUT2D eigenvalue weighted by Crippen LogP contribution is -2.61. The quantitative estimate of drug-likeness (QED) is 0.363. The van der Waals surface area contributed by atoms with E-state index in [1.165, 1.54) is 17.2 Å². The Kier molecular flexibility index (Phi) is 9.03. The monoisotopic (exact) mass is 526 g/mol. The Balaban J connectivity index is 1.20. The maximum atomic E-state index is 12.8. The number of amides is 2. The topological polar surface area (TPSA) is 155 Å². The Morgan fingerprint density at radius 1 is 1.18 bits per heavy atom. The van der Waals surface area contributed by atoms with E-state index < -0.39 is 11.6 Å². The normalized spacial score (nSPS) is 17.3. The predicted octanol–water partition coefficient (Wildman–Crippen LogP) is 0.965. The molecule has 1 unspecified atom stereocenters. The van der Waals surface area contributed by atoms with E-state index >= 15 is 0 Å². The van der Waals surface area contributed by atoms with E-state index in [1.54, 1.807) is 11.8 Å². The summed E-state index contributed by atoms with van der Waals surface area (Å²) in [6.45, 7) is 5.02. The van der Waals surface area contributed by atoms with Crippen LogP contribution in [0.3, 0.4) is 0 Å². The maximum Gasteiger partial charge on any atom is 0.222 e. The van der Waals surface area contributed by atoms with Gasteiger partial charge in [-0.25, -0.2) is 9.67 Å². The van der Waals surface area contributed by atoms with E-state index in [9.17, 15) is 19.5 Å². The summed E-state index contributed by atoms with van der Waals surface area (Å²) in [5.74, 6) is 0.950. The Bertz CT molecular complexity index is 1140. The van der Waals surface area contributed by atoms with Crippen molar-refractivity contribution in [2.75, 3.05) is 25.0 Å². The lowest BCUT2D eigenvalue weighted by atomic mass is 9.82. The molecule has 38 heavy (non-hydrogen) atoms. The zero-order valence-electron chi connectivity index (χ0n) is 22.3. The number of fused-ring (bicyclic) bond motifs is 1. The number of pyridine rings is 1. The number of unbranched alkanes of at least 4 members (excludes halogenated alkanes) is 1. The molecule has 2 amide bonds. The van der Waals surface area contributed by atoms with Crippen molar-refractivity contribution in [3.63, 3.8) is 0 Å². The molecule has 0 aromatic carbocycles. The van der Waals surface area contributed by atoms with Gasteiger partial charge < -0.3 is 20.6 Å². The predicted molar refractivity (Wildman–Crippen MR) is 139 cm³/mol. The van der Waals surface area contributed by atoms with Gasteiger partial charge in [-0.2, -0.15) is 0 Å². The van der Waals surface area contributed by atoms with Gasteiger partial charge in [0.15, 0.2) is 5.78 Å². The number of nitrogens with zero attached hydrogens (tertiary/aromatic N) is 6. The molecule has 2 aliphatic heterocycles. The third-order valence-corrected chi connectivity index (χ3v) is 7.52. The van der Waals surface area contributed by atoms with Crippen molar-refractivity contribution in [3.05, 3.63) is 29.2 Å². The molecule has 1 fully saturated rings. The highest BCUT2D eigenvalue weighted by molar-refractivity contribution is 5.88. The van der Waals surface area contributed by atoms with E-state index in [4.69, 9.17) is 4.98 Å². The summed E-state index contributed by atoms with van der Waals surface area (Å²) >= 11 is 0. The fraction of sp³-hybridized carbons (Fsp3) is 0.654. The van der Waals surface area contributed by atoms with Gasteiger partial charge in [0.25, 0.3) is 0 Å². The van der Waals surface area contributed by atoms with E-state index in [0.717, 1.165) is 50.2 Å². The molecule has 0 spiro atoms. The molecule has 206 valence electrons. The third-order valence-electron chi connectivity index (χ3n) is 7.52. The molecule has 1 saturated heterocycles. The summed E-state index contributed by atoms with van der Waals surface area (Å²) < 4.78 is 1.50. The summed E-state index contributed by atoms with van der Waals surface area (Å²) in [6.07, 6.45) is 5.63. The van der Waals surface area contributed by atoms with Crippen molar-refractivity contribution in [3.8, 4) is 0 Å². The van der Waals surface area contributed by atoms with Gasteiger partial charge in [0.1, 0.15) is 17.7 Å². The number of carbonyl (C=O) groups excluding carboxylic acids is 3. The molecular formula is C26H38N8O4. The molecule has 0 aliphatic carbocycles. The van der Waals surface area contributed by atoms with Crippen LogP contribution < -0.4 is 10.6 Å². The molecule has 2 aromatic rings. The molecule has 4 heterocycles. The second kappa shape index (κ2) is 12.4. The van der Waals surface area contributed by atoms with Crippen LogP contribution in [0.1, 0.15) is 69.0 Å². The summed E-state index contributed by atoms with van der Waals surface area (Å²) in [5, 5.41) is 28.4. The van der Waals surface area contributed by atoms with Gasteiger partial charge in [-0.15, -0.1) is 5.10 Å². The molecular weight excluding hydrogens is 488 g/mol. The highest BCUT2D eigenvalue weighted by atomic mass is 16.3. The second-order valence-electron chi connectivity index (χ2n) is 10.3. The number of hydrogen-bond acceptors (Lipinski definition) is 9. The van der Waals surface area contributed by atoms with Crippen molar-refractivity contribution in [2.45, 2.75) is 89.8 Å². The van der Waals surface area contributed by atoms with Crippen LogP contribution >= 0.6 is 0 Å². The fourth-order valence-electron chi connectivity index (χ4n) is 5.19. The van der Waals surface area contributed by atoms with Gasteiger partial charge in [0.2, 0.25) is 11.8 Å². The van der Waals surface area contributed by atoms with Gasteiger partial charge >= 0.3 is 0 Å². The van der Waals surface area contributed by atoms with Crippen LogP contribution in [0.15, 0.2) is 12.1 Å². The first-order valence-electron chi connectivity index (χ1n) is 13.5. The van der Waals surface area contributed by atoms with Crippen LogP contribution in [0, 0.1) is 6.92 Å². The minimum Gasteiger partial charge on any atom is -0.387 e. The van der Waals surface area contributed by atoms with Gasteiger partial charge in [0.05, 0.1) is 12.1 Å². The first-order chi connectivity index (χ1) is 18.2. The number of aromatic nitrogens is 5. The molecule has 0 radical (unpaired) electrons. The Morgan fingerprint density at radius 2 is 1.97 bits per heavy atom. The third kappa shape index (κ3) is 6.91. The fourth-order valence-corrected chi connectivity index (χ4v) is 5.19. The van der Waals surface area contributed by atoms with Crippen LogP contribution in [-0.2, 0) is 33.8 Å².